The number of benzene rings is 2. The van der Waals surface area contributed by atoms with Gasteiger partial charge in [0.2, 0.25) is 11.8 Å². The molecular formula is C37H52ClN5O2. The Morgan fingerprint density at radius 3 is 2.31 bits per heavy atom. The van der Waals surface area contributed by atoms with E-state index in [1.165, 1.54) is 88.5 Å². The van der Waals surface area contributed by atoms with E-state index >= 15 is 0 Å². The fraction of sp³-hybridized carbons (Fsp3) is 0.622. The number of halogens is 1. The van der Waals surface area contributed by atoms with Crippen molar-refractivity contribution in [2.24, 2.45) is 5.92 Å². The highest BCUT2D eigenvalue weighted by Gasteiger charge is 2.35. The zero-order chi connectivity index (χ0) is 31.0. The monoisotopic (exact) mass is 633 g/mol. The second kappa shape index (κ2) is 15.9. The zero-order valence-electron chi connectivity index (χ0n) is 26.9. The number of likely N-dealkylation sites (tertiary alicyclic amines) is 1. The second-order valence-electron chi connectivity index (χ2n) is 13.8. The van der Waals surface area contributed by atoms with E-state index in [2.05, 4.69) is 32.6 Å². The lowest BCUT2D eigenvalue weighted by molar-refractivity contribution is -0.138. The number of piperazine rings is 1. The van der Waals surface area contributed by atoms with Crippen molar-refractivity contribution >= 4 is 23.4 Å². The van der Waals surface area contributed by atoms with Gasteiger partial charge in [-0.3, -0.25) is 14.5 Å². The summed E-state index contributed by atoms with van der Waals surface area (Å²) in [6.45, 7) is 7.70. The fourth-order valence-electron chi connectivity index (χ4n) is 8.23. The van der Waals surface area contributed by atoms with Gasteiger partial charge in [0.05, 0.1) is 6.04 Å². The van der Waals surface area contributed by atoms with Crippen molar-refractivity contribution in [2.75, 3.05) is 45.8 Å². The minimum atomic E-state index is -0.612. The largest absolute Gasteiger partial charge is 0.343 e. The summed E-state index contributed by atoms with van der Waals surface area (Å²) in [5.74, 6) is 0.702. The van der Waals surface area contributed by atoms with Crippen molar-refractivity contribution < 1.29 is 9.59 Å². The number of carbonyl (C=O) groups excluding carboxylic acids is 2. The van der Waals surface area contributed by atoms with Gasteiger partial charge in [0.25, 0.3) is 0 Å². The van der Waals surface area contributed by atoms with Gasteiger partial charge in [-0.15, -0.1) is 0 Å². The standard InChI is InChI=1S/C37H52ClN5O2/c38-32-16-14-28(15-17-32)25-34(40-36(44)33-26-30-11-4-5-12-31(30)27-39-33)37(45)43-23-21-42(22-24-43)35(29-9-2-1-3-10-29)13-8-20-41-18-6-7-19-41/h4-5,11-12,14-17,29,33-35,39H,1-3,6-10,13,18-27H2,(H,40,44)/t33-,34-,35?/m1/s1. The molecule has 6 rings (SSSR count). The summed E-state index contributed by atoms with van der Waals surface area (Å²) in [6, 6.07) is 15.5. The SMILES string of the molecule is O=C(N[C@H](Cc1ccc(Cl)cc1)C(=O)N1CCN(C(CCCN2CCCC2)C2CCCCC2)CC1)[C@H]1Cc2ccccc2CN1. The molecule has 1 aliphatic carbocycles. The molecule has 244 valence electrons. The van der Waals surface area contributed by atoms with E-state index in [9.17, 15) is 9.59 Å². The predicted octanol–water partition coefficient (Wildman–Crippen LogP) is 5.05. The molecule has 0 aromatic heterocycles. The minimum Gasteiger partial charge on any atom is -0.343 e. The van der Waals surface area contributed by atoms with Crippen molar-refractivity contribution in [3.8, 4) is 0 Å². The van der Waals surface area contributed by atoms with E-state index in [1.54, 1.807) is 0 Å². The first-order chi connectivity index (χ1) is 22.0. The Morgan fingerprint density at radius 2 is 1.58 bits per heavy atom. The van der Waals surface area contributed by atoms with Gasteiger partial charge in [-0.25, -0.2) is 0 Å². The van der Waals surface area contributed by atoms with Gasteiger partial charge in [0.1, 0.15) is 6.04 Å². The molecule has 0 radical (unpaired) electrons. The third-order valence-corrected chi connectivity index (χ3v) is 11.1. The Kier molecular flexibility index (Phi) is 11.5. The third-order valence-electron chi connectivity index (χ3n) is 10.8. The van der Waals surface area contributed by atoms with Crippen LogP contribution in [0.25, 0.3) is 0 Å². The number of hydrogen-bond donors (Lipinski definition) is 2. The molecule has 1 saturated carbocycles. The van der Waals surface area contributed by atoms with Crippen LogP contribution in [0.1, 0.15) is 74.5 Å². The van der Waals surface area contributed by atoms with Gasteiger partial charge >= 0.3 is 0 Å². The maximum Gasteiger partial charge on any atom is 0.245 e. The molecule has 0 bridgehead atoms. The summed E-state index contributed by atoms with van der Waals surface area (Å²) in [5, 5.41) is 7.23. The summed E-state index contributed by atoms with van der Waals surface area (Å²) in [7, 11) is 0. The van der Waals surface area contributed by atoms with E-state index in [0.29, 0.717) is 30.5 Å². The molecule has 2 amide bonds. The van der Waals surface area contributed by atoms with Crippen molar-refractivity contribution in [2.45, 2.75) is 95.3 Å². The van der Waals surface area contributed by atoms with E-state index in [-0.39, 0.29) is 17.9 Å². The molecule has 2 aromatic carbocycles. The van der Waals surface area contributed by atoms with E-state index in [0.717, 1.165) is 37.7 Å². The smallest absolute Gasteiger partial charge is 0.245 e. The predicted molar refractivity (Wildman–Crippen MR) is 181 cm³/mol. The molecule has 0 spiro atoms. The Bertz CT molecular complexity index is 1250. The highest BCUT2D eigenvalue weighted by Crippen LogP contribution is 2.32. The molecule has 1 unspecified atom stereocenters. The number of hydrogen-bond acceptors (Lipinski definition) is 5. The fourth-order valence-corrected chi connectivity index (χ4v) is 8.35. The maximum atomic E-state index is 14.1. The van der Waals surface area contributed by atoms with Crippen LogP contribution in [0, 0.1) is 5.92 Å². The van der Waals surface area contributed by atoms with E-state index < -0.39 is 6.04 Å². The minimum absolute atomic E-state index is 0.0254. The molecule has 2 aromatic rings. The number of rotatable bonds is 11. The highest BCUT2D eigenvalue weighted by atomic mass is 35.5. The Labute approximate surface area is 275 Å². The summed E-state index contributed by atoms with van der Waals surface area (Å²) >= 11 is 6.16. The Balaban J connectivity index is 1.09. The van der Waals surface area contributed by atoms with Crippen LogP contribution < -0.4 is 10.6 Å². The molecule has 3 aliphatic heterocycles. The van der Waals surface area contributed by atoms with Gasteiger partial charge in [-0.2, -0.15) is 0 Å². The van der Waals surface area contributed by atoms with Crippen LogP contribution in [-0.4, -0.2) is 90.5 Å². The molecule has 2 saturated heterocycles. The lowest BCUT2D eigenvalue weighted by atomic mass is 9.81. The zero-order valence-corrected chi connectivity index (χ0v) is 27.7. The van der Waals surface area contributed by atoms with Crippen LogP contribution in [0.15, 0.2) is 48.5 Å². The van der Waals surface area contributed by atoms with Crippen LogP contribution in [0.4, 0.5) is 0 Å². The maximum absolute atomic E-state index is 14.1. The van der Waals surface area contributed by atoms with Crippen LogP contribution in [0.2, 0.25) is 5.02 Å². The molecule has 3 atom stereocenters. The normalized spacial score (nSPS) is 23.0. The van der Waals surface area contributed by atoms with Crippen molar-refractivity contribution in [1.29, 1.82) is 0 Å². The highest BCUT2D eigenvalue weighted by molar-refractivity contribution is 6.30. The molecule has 8 heteroatoms. The molecular weight excluding hydrogens is 582 g/mol. The molecule has 2 N–H and O–H groups in total. The number of fused-ring (bicyclic) bond motifs is 1. The lowest BCUT2D eigenvalue weighted by Gasteiger charge is -2.44. The quantitative estimate of drug-likeness (QED) is 0.363. The summed E-state index contributed by atoms with van der Waals surface area (Å²) < 4.78 is 0. The lowest BCUT2D eigenvalue weighted by Crippen LogP contribution is -2.59. The Hall–Kier alpha value is -2.45. The second-order valence-corrected chi connectivity index (χ2v) is 14.3. The van der Waals surface area contributed by atoms with Gasteiger partial charge in [0, 0.05) is 50.2 Å². The van der Waals surface area contributed by atoms with Crippen LogP contribution in [0.3, 0.4) is 0 Å². The first-order valence-electron chi connectivity index (χ1n) is 17.6. The van der Waals surface area contributed by atoms with Crippen LogP contribution >= 0.6 is 11.6 Å². The number of nitrogens with zero attached hydrogens (tertiary/aromatic N) is 3. The van der Waals surface area contributed by atoms with Crippen molar-refractivity contribution in [3.05, 3.63) is 70.2 Å². The summed E-state index contributed by atoms with van der Waals surface area (Å²) in [6.07, 6.45) is 13.1. The van der Waals surface area contributed by atoms with Crippen LogP contribution in [-0.2, 0) is 29.0 Å². The molecule has 4 aliphatic rings. The molecule has 3 heterocycles. The molecule has 3 fully saturated rings. The number of nitrogens with one attached hydrogen (secondary N) is 2. The summed E-state index contributed by atoms with van der Waals surface area (Å²) in [5.41, 5.74) is 3.42. The van der Waals surface area contributed by atoms with Gasteiger partial charge in [-0.1, -0.05) is 67.3 Å². The van der Waals surface area contributed by atoms with Crippen LogP contribution in [0.5, 0.6) is 0 Å². The summed E-state index contributed by atoms with van der Waals surface area (Å²) in [4.78, 5) is 35.1. The van der Waals surface area contributed by atoms with E-state index in [1.807, 2.05) is 41.3 Å². The van der Waals surface area contributed by atoms with Gasteiger partial charge in [0.15, 0.2) is 0 Å². The average Bonchev–Trinajstić information content (AvgIpc) is 3.61. The average molecular weight is 634 g/mol. The topological polar surface area (TPSA) is 67.9 Å². The first kappa shape index (κ1) is 32.5. The number of carbonyl (C=O) groups is 2. The van der Waals surface area contributed by atoms with Crippen molar-refractivity contribution in [3.63, 3.8) is 0 Å². The van der Waals surface area contributed by atoms with Gasteiger partial charge < -0.3 is 20.4 Å². The molecule has 45 heavy (non-hydrogen) atoms. The van der Waals surface area contributed by atoms with Crippen molar-refractivity contribution in [1.82, 2.24) is 25.3 Å². The number of amides is 2. The third kappa shape index (κ3) is 8.68. The van der Waals surface area contributed by atoms with E-state index in [4.69, 9.17) is 11.6 Å². The Morgan fingerprint density at radius 1 is 0.867 bits per heavy atom. The first-order valence-corrected chi connectivity index (χ1v) is 18.0. The molecule has 7 nitrogen and oxygen atoms in total. The van der Waals surface area contributed by atoms with Gasteiger partial charge in [-0.05, 0) is 99.3 Å².